The van der Waals surface area contributed by atoms with Crippen molar-refractivity contribution in [1.82, 2.24) is 9.62 Å². The third kappa shape index (κ3) is 5.08. The molecule has 0 aliphatic carbocycles. The first kappa shape index (κ1) is 20.5. The fourth-order valence-electron chi connectivity index (χ4n) is 2.40. The lowest BCUT2D eigenvalue weighted by Gasteiger charge is -2.26. The molecule has 1 heterocycles. The Morgan fingerprint density at radius 3 is 2.48 bits per heavy atom. The van der Waals surface area contributed by atoms with Crippen LogP contribution in [0, 0.1) is 5.92 Å². The number of sulfonamides is 1. The maximum absolute atomic E-state index is 12.8. The summed E-state index contributed by atoms with van der Waals surface area (Å²) in [5, 5.41) is 2.87. The van der Waals surface area contributed by atoms with E-state index in [1.807, 2.05) is 0 Å². The number of carbonyl (C=O) groups excluding carboxylic acids is 1. The molecule has 0 bridgehead atoms. The van der Waals surface area contributed by atoms with Crippen LogP contribution in [0.3, 0.4) is 0 Å². The monoisotopic (exact) mass is 408 g/mol. The molecule has 1 aromatic carbocycles. The van der Waals surface area contributed by atoms with E-state index in [4.69, 9.17) is 27.9 Å². The van der Waals surface area contributed by atoms with Gasteiger partial charge in [-0.1, -0.05) is 37.0 Å². The SMILES string of the molecule is CC(C)CCNC(=O)c1cc(S(=O)(=O)N2CCOCC2)c(Cl)cc1Cl. The average Bonchev–Trinajstić information content (AvgIpc) is 2.55. The van der Waals surface area contributed by atoms with E-state index >= 15 is 0 Å². The number of carbonyl (C=O) groups is 1. The van der Waals surface area contributed by atoms with Crippen molar-refractivity contribution in [3.8, 4) is 0 Å². The van der Waals surface area contributed by atoms with Crippen LogP contribution in [-0.2, 0) is 14.8 Å². The topological polar surface area (TPSA) is 75.7 Å². The molecule has 1 aliphatic rings. The molecule has 0 atom stereocenters. The third-order valence-corrected chi connectivity index (χ3v) is 6.54. The summed E-state index contributed by atoms with van der Waals surface area (Å²) < 4.78 is 32.1. The average molecular weight is 409 g/mol. The first-order valence-corrected chi connectivity index (χ1v) is 10.3. The number of rotatable bonds is 6. The number of halogens is 2. The molecule has 0 spiro atoms. The third-order valence-electron chi connectivity index (χ3n) is 3.86. The molecular weight excluding hydrogens is 387 g/mol. The zero-order valence-electron chi connectivity index (χ0n) is 14.2. The highest BCUT2D eigenvalue weighted by Crippen LogP contribution is 2.31. The Labute approximate surface area is 158 Å². The number of nitrogens with one attached hydrogen (secondary N) is 1. The Morgan fingerprint density at radius 2 is 1.88 bits per heavy atom. The van der Waals surface area contributed by atoms with Gasteiger partial charge in [-0.25, -0.2) is 8.42 Å². The van der Waals surface area contributed by atoms with Gasteiger partial charge in [0.2, 0.25) is 10.0 Å². The quantitative estimate of drug-likeness (QED) is 0.784. The molecule has 0 unspecified atom stereocenters. The van der Waals surface area contributed by atoms with Gasteiger partial charge in [-0.15, -0.1) is 0 Å². The molecule has 1 aliphatic heterocycles. The maximum Gasteiger partial charge on any atom is 0.252 e. The summed E-state index contributed by atoms with van der Waals surface area (Å²) in [5.41, 5.74) is 0.0988. The minimum absolute atomic E-state index is 0.00442. The van der Waals surface area contributed by atoms with Gasteiger partial charge < -0.3 is 10.1 Å². The van der Waals surface area contributed by atoms with E-state index in [9.17, 15) is 13.2 Å². The second-order valence-corrected chi connectivity index (χ2v) is 8.94. The number of benzene rings is 1. The molecule has 9 heteroatoms. The number of morpholine rings is 1. The number of amides is 1. The Morgan fingerprint density at radius 1 is 1.24 bits per heavy atom. The number of nitrogens with zero attached hydrogens (tertiary/aromatic N) is 1. The molecule has 1 aromatic rings. The molecule has 25 heavy (non-hydrogen) atoms. The lowest BCUT2D eigenvalue weighted by molar-refractivity contribution is 0.0730. The smallest absolute Gasteiger partial charge is 0.252 e. The maximum atomic E-state index is 12.8. The van der Waals surface area contributed by atoms with Gasteiger partial charge in [0.25, 0.3) is 5.91 Å². The van der Waals surface area contributed by atoms with Crippen molar-refractivity contribution in [2.45, 2.75) is 25.2 Å². The van der Waals surface area contributed by atoms with E-state index in [0.29, 0.717) is 25.7 Å². The fraction of sp³-hybridized carbons (Fsp3) is 0.562. The van der Waals surface area contributed by atoms with Crippen molar-refractivity contribution < 1.29 is 17.9 Å². The van der Waals surface area contributed by atoms with Gasteiger partial charge >= 0.3 is 0 Å². The van der Waals surface area contributed by atoms with Gasteiger partial charge in [0.05, 0.1) is 28.8 Å². The van der Waals surface area contributed by atoms with Gasteiger partial charge in [0.15, 0.2) is 0 Å². The van der Waals surface area contributed by atoms with Crippen LogP contribution in [0.1, 0.15) is 30.6 Å². The molecule has 0 radical (unpaired) electrons. The Bertz CT molecular complexity index is 732. The molecule has 6 nitrogen and oxygen atoms in total. The van der Waals surface area contributed by atoms with Crippen molar-refractivity contribution in [3.63, 3.8) is 0 Å². The van der Waals surface area contributed by atoms with Crippen LogP contribution in [0.4, 0.5) is 0 Å². The van der Waals surface area contributed by atoms with Crippen LogP contribution in [0.25, 0.3) is 0 Å². The van der Waals surface area contributed by atoms with E-state index in [1.165, 1.54) is 16.4 Å². The summed E-state index contributed by atoms with van der Waals surface area (Å²) in [6, 6.07) is 2.55. The van der Waals surface area contributed by atoms with Crippen LogP contribution in [0.5, 0.6) is 0 Å². The molecule has 1 fully saturated rings. The molecule has 1 amide bonds. The normalized spacial score (nSPS) is 16.2. The lowest BCUT2D eigenvalue weighted by atomic mass is 10.1. The molecule has 2 rings (SSSR count). The predicted molar refractivity (Wildman–Crippen MR) is 97.8 cm³/mol. The number of hydrogen-bond donors (Lipinski definition) is 1. The summed E-state index contributed by atoms with van der Waals surface area (Å²) in [5.74, 6) is 0.0268. The zero-order valence-corrected chi connectivity index (χ0v) is 16.5. The fourth-order valence-corrected chi connectivity index (χ4v) is 4.64. The summed E-state index contributed by atoms with van der Waals surface area (Å²) in [6.07, 6.45) is 0.815. The minimum atomic E-state index is -3.82. The van der Waals surface area contributed by atoms with Crippen molar-refractivity contribution in [2.75, 3.05) is 32.8 Å². The largest absolute Gasteiger partial charge is 0.379 e. The van der Waals surface area contributed by atoms with Gasteiger partial charge in [-0.05, 0) is 24.5 Å². The highest BCUT2D eigenvalue weighted by molar-refractivity contribution is 7.89. The van der Waals surface area contributed by atoms with Crippen LogP contribution in [0.15, 0.2) is 17.0 Å². The van der Waals surface area contributed by atoms with Crippen LogP contribution in [-0.4, -0.2) is 51.5 Å². The van der Waals surface area contributed by atoms with Crippen LogP contribution in [0.2, 0.25) is 10.0 Å². The summed E-state index contributed by atoms with van der Waals surface area (Å²) >= 11 is 12.2. The van der Waals surface area contributed by atoms with Crippen molar-refractivity contribution in [3.05, 3.63) is 27.7 Å². The van der Waals surface area contributed by atoms with Crippen LogP contribution < -0.4 is 5.32 Å². The van der Waals surface area contributed by atoms with Gasteiger partial charge in [0, 0.05) is 19.6 Å². The summed E-state index contributed by atoms with van der Waals surface area (Å²) in [4.78, 5) is 12.2. The highest BCUT2D eigenvalue weighted by atomic mass is 35.5. The molecule has 0 saturated carbocycles. The summed E-state index contributed by atoms with van der Waals surface area (Å²) in [7, 11) is -3.82. The standard InChI is InChI=1S/C16H22Cl2N2O4S/c1-11(2)3-4-19-16(21)12-9-15(14(18)10-13(12)17)25(22,23)20-5-7-24-8-6-20/h9-11H,3-8H2,1-2H3,(H,19,21). The molecule has 1 N–H and O–H groups in total. The van der Waals surface area contributed by atoms with E-state index in [1.54, 1.807) is 0 Å². The van der Waals surface area contributed by atoms with Crippen molar-refractivity contribution in [2.24, 2.45) is 5.92 Å². The van der Waals surface area contributed by atoms with E-state index in [-0.39, 0.29) is 33.6 Å². The summed E-state index contributed by atoms with van der Waals surface area (Å²) in [6.45, 7) is 5.73. The second kappa shape index (κ2) is 8.68. The molecule has 140 valence electrons. The highest BCUT2D eigenvalue weighted by Gasteiger charge is 2.30. The number of hydrogen-bond acceptors (Lipinski definition) is 4. The molecular formula is C16H22Cl2N2O4S. The Hall–Kier alpha value is -0.860. The Kier molecular flexibility index (Phi) is 7.10. The van der Waals surface area contributed by atoms with Gasteiger partial charge in [0.1, 0.15) is 4.90 Å². The van der Waals surface area contributed by atoms with Gasteiger partial charge in [-0.2, -0.15) is 4.31 Å². The van der Waals surface area contributed by atoms with E-state index < -0.39 is 15.9 Å². The Balaban J connectivity index is 2.29. The first-order valence-electron chi connectivity index (χ1n) is 8.08. The first-order chi connectivity index (χ1) is 11.7. The van der Waals surface area contributed by atoms with E-state index in [0.717, 1.165) is 6.42 Å². The lowest BCUT2D eigenvalue weighted by Crippen LogP contribution is -2.40. The molecule has 1 saturated heterocycles. The second-order valence-electron chi connectivity index (χ2n) is 6.22. The van der Waals surface area contributed by atoms with Crippen LogP contribution >= 0.6 is 23.2 Å². The zero-order chi connectivity index (χ0) is 18.6. The van der Waals surface area contributed by atoms with Gasteiger partial charge in [-0.3, -0.25) is 4.79 Å². The number of ether oxygens (including phenoxy) is 1. The van der Waals surface area contributed by atoms with E-state index in [2.05, 4.69) is 19.2 Å². The predicted octanol–water partition coefficient (Wildman–Crippen LogP) is 2.79. The minimum Gasteiger partial charge on any atom is -0.379 e. The van der Waals surface area contributed by atoms with Crippen molar-refractivity contribution >= 4 is 39.1 Å². The van der Waals surface area contributed by atoms with Crippen molar-refractivity contribution in [1.29, 1.82) is 0 Å². The molecule has 0 aromatic heterocycles.